The summed E-state index contributed by atoms with van der Waals surface area (Å²) in [4.78, 5) is 0. The first-order chi connectivity index (χ1) is 8.81. The average molecular weight is 266 g/mol. The van der Waals surface area contributed by atoms with Crippen LogP contribution in [0.5, 0.6) is 0 Å². The number of fused-ring (bicyclic) bond motifs is 3. The average Bonchev–Trinajstić information content (AvgIpc) is 2.58. The van der Waals surface area contributed by atoms with Gasteiger partial charge in [-0.05, 0) is 36.3 Å². The Hall–Kier alpha value is -0.680. The monoisotopic (exact) mass is 266 g/mol. The molecule has 0 aromatic heterocycles. The predicted octanol–water partition coefficient (Wildman–Crippen LogP) is 0.976. The maximum absolute atomic E-state index is 11.1. The van der Waals surface area contributed by atoms with Crippen molar-refractivity contribution in [2.75, 3.05) is 6.61 Å². The van der Waals surface area contributed by atoms with Crippen molar-refractivity contribution in [3.05, 3.63) is 23.8 Å². The minimum atomic E-state index is -1.61. The van der Waals surface area contributed by atoms with Crippen molar-refractivity contribution in [1.29, 1.82) is 0 Å². The summed E-state index contributed by atoms with van der Waals surface area (Å²) in [6, 6.07) is 0. The standard InChI is InChI=1S/C15H22O4/c1-8-4-5-11-9(2)6-14(17)15(18,10(3)7-19-14)12(11)13(8)16/h4,9,11-13,16-18H,3,5-7H2,1-2H3. The first-order valence-corrected chi connectivity index (χ1v) is 6.93. The van der Waals surface area contributed by atoms with Crippen LogP contribution < -0.4 is 0 Å². The van der Waals surface area contributed by atoms with Gasteiger partial charge in [0.05, 0.1) is 12.7 Å². The van der Waals surface area contributed by atoms with Crippen LogP contribution >= 0.6 is 0 Å². The van der Waals surface area contributed by atoms with E-state index in [2.05, 4.69) is 6.58 Å². The number of allylic oxidation sites excluding steroid dienone is 1. The van der Waals surface area contributed by atoms with E-state index >= 15 is 0 Å². The molecule has 0 bridgehead atoms. The zero-order valence-electron chi connectivity index (χ0n) is 11.5. The Morgan fingerprint density at radius 2 is 2.11 bits per heavy atom. The third-order valence-corrected chi connectivity index (χ3v) is 5.41. The molecule has 3 N–H and O–H groups in total. The molecule has 3 rings (SSSR count). The fourth-order valence-electron chi connectivity index (χ4n) is 4.23. The zero-order valence-corrected chi connectivity index (χ0v) is 11.5. The second-order valence-corrected chi connectivity index (χ2v) is 6.44. The molecule has 0 spiro atoms. The maximum Gasteiger partial charge on any atom is 0.199 e. The Morgan fingerprint density at radius 1 is 1.42 bits per heavy atom. The van der Waals surface area contributed by atoms with Crippen LogP contribution in [0.1, 0.15) is 26.7 Å². The molecular formula is C15H22O4. The summed E-state index contributed by atoms with van der Waals surface area (Å²) in [6.07, 6.45) is 2.48. The van der Waals surface area contributed by atoms with E-state index in [1.165, 1.54) is 0 Å². The Bertz CT molecular complexity index is 457. The van der Waals surface area contributed by atoms with Gasteiger partial charge in [-0.2, -0.15) is 0 Å². The molecule has 0 amide bonds. The van der Waals surface area contributed by atoms with Gasteiger partial charge in [0.1, 0.15) is 5.60 Å². The summed E-state index contributed by atoms with van der Waals surface area (Å²) < 4.78 is 5.44. The van der Waals surface area contributed by atoms with Crippen molar-refractivity contribution in [3.8, 4) is 0 Å². The highest BCUT2D eigenvalue weighted by Gasteiger charge is 2.68. The van der Waals surface area contributed by atoms with E-state index in [1.807, 2.05) is 19.9 Å². The number of aliphatic hydroxyl groups is 3. The molecule has 2 aliphatic carbocycles. The Morgan fingerprint density at radius 3 is 2.79 bits per heavy atom. The first kappa shape index (κ1) is 13.3. The summed E-state index contributed by atoms with van der Waals surface area (Å²) in [5, 5.41) is 32.3. The van der Waals surface area contributed by atoms with E-state index < -0.39 is 23.4 Å². The van der Waals surface area contributed by atoms with Crippen LogP contribution in [0.3, 0.4) is 0 Å². The summed E-state index contributed by atoms with van der Waals surface area (Å²) in [5.41, 5.74) is -0.212. The molecule has 19 heavy (non-hydrogen) atoms. The zero-order chi connectivity index (χ0) is 14.0. The molecular weight excluding hydrogens is 244 g/mol. The molecule has 4 nitrogen and oxygen atoms in total. The van der Waals surface area contributed by atoms with E-state index in [9.17, 15) is 15.3 Å². The van der Waals surface area contributed by atoms with E-state index in [-0.39, 0.29) is 18.4 Å². The molecule has 2 fully saturated rings. The topological polar surface area (TPSA) is 69.9 Å². The van der Waals surface area contributed by atoms with Crippen molar-refractivity contribution in [3.63, 3.8) is 0 Å². The van der Waals surface area contributed by atoms with Gasteiger partial charge in [0, 0.05) is 12.3 Å². The van der Waals surface area contributed by atoms with E-state index in [4.69, 9.17) is 4.74 Å². The van der Waals surface area contributed by atoms with Gasteiger partial charge in [-0.15, -0.1) is 0 Å². The lowest BCUT2D eigenvalue weighted by molar-refractivity contribution is -0.307. The molecule has 4 heteroatoms. The molecule has 1 heterocycles. The second-order valence-electron chi connectivity index (χ2n) is 6.44. The molecule has 0 aromatic carbocycles. The largest absolute Gasteiger partial charge is 0.388 e. The van der Waals surface area contributed by atoms with Gasteiger partial charge in [-0.1, -0.05) is 19.6 Å². The summed E-state index contributed by atoms with van der Waals surface area (Å²) in [6.45, 7) is 7.92. The lowest BCUT2D eigenvalue weighted by Gasteiger charge is -2.55. The van der Waals surface area contributed by atoms with Crippen LogP contribution in [0.2, 0.25) is 0 Å². The third-order valence-electron chi connectivity index (χ3n) is 5.41. The van der Waals surface area contributed by atoms with Crippen molar-refractivity contribution in [2.24, 2.45) is 17.8 Å². The number of ether oxygens (including phenoxy) is 1. The van der Waals surface area contributed by atoms with E-state index in [0.717, 1.165) is 12.0 Å². The Labute approximate surface area is 113 Å². The Kier molecular flexibility index (Phi) is 2.74. The van der Waals surface area contributed by atoms with Gasteiger partial charge in [-0.3, -0.25) is 0 Å². The molecule has 1 aliphatic heterocycles. The molecule has 0 radical (unpaired) electrons. The Balaban J connectivity index is 2.12. The SMILES string of the molecule is C=C1COC2(O)CC(C)C3CC=C(C)C(O)C3C12O. The van der Waals surface area contributed by atoms with Crippen LogP contribution in [0, 0.1) is 17.8 Å². The number of aliphatic hydroxyl groups excluding tert-OH is 1. The highest BCUT2D eigenvalue weighted by molar-refractivity contribution is 5.32. The summed E-state index contributed by atoms with van der Waals surface area (Å²) in [5.74, 6) is -1.73. The number of hydrogen-bond acceptors (Lipinski definition) is 4. The molecule has 1 saturated carbocycles. The van der Waals surface area contributed by atoms with Crippen LogP contribution in [0.25, 0.3) is 0 Å². The predicted molar refractivity (Wildman–Crippen MR) is 70.1 cm³/mol. The summed E-state index contributed by atoms with van der Waals surface area (Å²) >= 11 is 0. The summed E-state index contributed by atoms with van der Waals surface area (Å²) in [7, 11) is 0. The molecule has 6 unspecified atom stereocenters. The normalized spacial score (nSPS) is 53.5. The smallest absolute Gasteiger partial charge is 0.199 e. The highest BCUT2D eigenvalue weighted by Crippen LogP contribution is 2.57. The second kappa shape index (κ2) is 3.92. The van der Waals surface area contributed by atoms with Gasteiger partial charge >= 0.3 is 0 Å². The van der Waals surface area contributed by atoms with Gasteiger partial charge in [0.25, 0.3) is 0 Å². The van der Waals surface area contributed by atoms with Gasteiger partial charge in [-0.25, -0.2) is 0 Å². The lowest BCUT2D eigenvalue weighted by Crippen LogP contribution is -2.66. The minimum Gasteiger partial charge on any atom is -0.388 e. The van der Waals surface area contributed by atoms with Crippen molar-refractivity contribution in [2.45, 2.75) is 44.2 Å². The molecule has 6 atom stereocenters. The van der Waals surface area contributed by atoms with Crippen LogP contribution in [-0.4, -0.2) is 39.4 Å². The van der Waals surface area contributed by atoms with Crippen LogP contribution in [0.15, 0.2) is 23.8 Å². The fourth-order valence-corrected chi connectivity index (χ4v) is 4.23. The molecule has 106 valence electrons. The highest BCUT2D eigenvalue weighted by atomic mass is 16.6. The van der Waals surface area contributed by atoms with Crippen molar-refractivity contribution in [1.82, 2.24) is 0 Å². The number of hydrogen-bond donors (Lipinski definition) is 3. The third kappa shape index (κ3) is 1.49. The van der Waals surface area contributed by atoms with E-state index in [0.29, 0.717) is 12.0 Å². The number of rotatable bonds is 0. The fraction of sp³-hybridized carbons (Fsp3) is 0.733. The van der Waals surface area contributed by atoms with Crippen LogP contribution in [-0.2, 0) is 4.74 Å². The minimum absolute atomic E-state index is 0.141. The molecule has 3 aliphatic rings. The van der Waals surface area contributed by atoms with Crippen molar-refractivity contribution >= 4 is 0 Å². The van der Waals surface area contributed by atoms with Crippen molar-refractivity contribution < 1.29 is 20.1 Å². The first-order valence-electron chi connectivity index (χ1n) is 6.93. The van der Waals surface area contributed by atoms with Crippen LogP contribution in [0.4, 0.5) is 0 Å². The van der Waals surface area contributed by atoms with Gasteiger partial charge in [0.15, 0.2) is 5.79 Å². The van der Waals surface area contributed by atoms with Gasteiger partial charge < -0.3 is 20.1 Å². The molecule has 0 aromatic rings. The quantitative estimate of drug-likeness (QED) is 0.572. The lowest BCUT2D eigenvalue weighted by atomic mass is 9.55. The van der Waals surface area contributed by atoms with Gasteiger partial charge in [0.2, 0.25) is 0 Å². The maximum atomic E-state index is 11.1. The van der Waals surface area contributed by atoms with E-state index in [1.54, 1.807) is 0 Å². The molecule has 1 saturated heterocycles.